The van der Waals surface area contributed by atoms with Gasteiger partial charge in [-0.15, -0.1) is 0 Å². The van der Waals surface area contributed by atoms with Crippen LogP contribution in [0.5, 0.6) is 0 Å². The first-order chi connectivity index (χ1) is 6.84. The number of carbonyl (C=O) groups excluding carboxylic acids is 2. The SMILES string of the molecule is CC(=O)CC(N)C(=O)N(C)CCC(C)C. The first-order valence-corrected chi connectivity index (χ1v) is 5.34. The number of nitrogens with zero attached hydrogens (tertiary/aromatic N) is 1. The quantitative estimate of drug-likeness (QED) is 0.711. The number of amides is 1. The molecular formula is C11H22N2O2. The van der Waals surface area contributed by atoms with Crippen molar-refractivity contribution in [3.05, 3.63) is 0 Å². The summed E-state index contributed by atoms with van der Waals surface area (Å²) in [6.07, 6.45) is 1.08. The van der Waals surface area contributed by atoms with Crippen LogP contribution in [0.4, 0.5) is 0 Å². The number of rotatable bonds is 6. The van der Waals surface area contributed by atoms with Crippen molar-refractivity contribution in [1.82, 2.24) is 4.90 Å². The molecule has 0 aliphatic carbocycles. The summed E-state index contributed by atoms with van der Waals surface area (Å²) in [5, 5.41) is 0. The number of ketones is 1. The Kier molecular flexibility index (Phi) is 6.17. The Morgan fingerprint density at radius 2 is 1.87 bits per heavy atom. The molecule has 0 heterocycles. The molecule has 1 amide bonds. The van der Waals surface area contributed by atoms with Gasteiger partial charge in [0.2, 0.25) is 5.91 Å². The molecule has 0 spiro atoms. The molecule has 0 saturated carbocycles. The number of hydrogen-bond acceptors (Lipinski definition) is 3. The summed E-state index contributed by atoms with van der Waals surface area (Å²) in [5.41, 5.74) is 5.61. The average molecular weight is 214 g/mol. The van der Waals surface area contributed by atoms with Gasteiger partial charge in [0.05, 0.1) is 6.04 Å². The Hall–Kier alpha value is -0.900. The molecule has 4 nitrogen and oxygen atoms in total. The minimum Gasteiger partial charge on any atom is -0.344 e. The molecule has 1 atom stereocenters. The van der Waals surface area contributed by atoms with E-state index >= 15 is 0 Å². The van der Waals surface area contributed by atoms with Crippen molar-refractivity contribution in [1.29, 1.82) is 0 Å². The smallest absolute Gasteiger partial charge is 0.239 e. The summed E-state index contributed by atoms with van der Waals surface area (Å²) < 4.78 is 0. The van der Waals surface area contributed by atoms with E-state index in [1.807, 2.05) is 0 Å². The van der Waals surface area contributed by atoms with Crippen molar-refractivity contribution in [3.63, 3.8) is 0 Å². The van der Waals surface area contributed by atoms with Crippen LogP contribution < -0.4 is 5.73 Å². The minimum atomic E-state index is -0.681. The summed E-state index contributed by atoms with van der Waals surface area (Å²) >= 11 is 0. The first kappa shape index (κ1) is 14.1. The third-order valence-electron chi connectivity index (χ3n) is 2.24. The second-order valence-electron chi connectivity index (χ2n) is 4.45. The largest absolute Gasteiger partial charge is 0.344 e. The van der Waals surface area contributed by atoms with Crippen LogP contribution in [-0.2, 0) is 9.59 Å². The van der Waals surface area contributed by atoms with Gasteiger partial charge in [-0.1, -0.05) is 13.8 Å². The van der Waals surface area contributed by atoms with E-state index in [4.69, 9.17) is 5.73 Å². The predicted molar refractivity (Wildman–Crippen MR) is 60.4 cm³/mol. The number of Topliss-reactive ketones (excluding diaryl/α,β-unsaturated/α-hetero) is 1. The van der Waals surface area contributed by atoms with E-state index in [1.165, 1.54) is 6.92 Å². The minimum absolute atomic E-state index is 0.0480. The van der Waals surface area contributed by atoms with Crippen molar-refractivity contribution in [2.45, 2.75) is 39.7 Å². The third kappa shape index (κ3) is 6.23. The summed E-state index contributed by atoms with van der Waals surface area (Å²) in [6, 6.07) is -0.681. The van der Waals surface area contributed by atoms with E-state index in [0.29, 0.717) is 12.5 Å². The highest BCUT2D eigenvalue weighted by molar-refractivity contribution is 5.87. The van der Waals surface area contributed by atoms with Crippen LogP contribution in [0.25, 0.3) is 0 Å². The zero-order valence-corrected chi connectivity index (χ0v) is 10.1. The molecule has 0 rings (SSSR count). The summed E-state index contributed by atoms with van der Waals surface area (Å²) in [6.45, 7) is 6.35. The van der Waals surface area contributed by atoms with Gasteiger partial charge < -0.3 is 10.6 Å². The molecule has 0 fully saturated rings. The molecule has 0 aliphatic heterocycles. The van der Waals surface area contributed by atoms with E-state index < -0.39 is 6.04 Å². The Morgan fingerprint density at radius 1 is 1.33 bits per heavy atom. The van der Waals surface area contributed by atoms with E-state index in [2.05, 4.69) is 13.8 Å². The summed E-state index contributed by atoms with van der Waals surface area (Å²) in [5.74, 6) is 0.364. The fourth-order valence-electron chi connectivity index (χ4n) is 1.24. The lowest BCUT2D eigenvalue weighted by atomic mass is 10.1. The number of nitrogens with two attached hydrogens (primary N) is 1. The standard InChI is InChI=1S/C11H22N2O2/c1-8(2)5-6-13(4)11(15)10(12)7-9(3)14/h8,10H,5-7,12H2,1-4H3. The Morgan fingerprint density at radius 3 is 2.27 bits per heavy atom. The molecule has 0 aliphatic rings. The van der Waals surface area contributed by atoms with Crippen molar-refractivity contribution in [2.24, 2.45) is 11.7 Å². The number of carbonyl (C=O) groups is 2. The van der Waals surface area contributed by atoms with Gasteiger partial charge >= 0.3 is 0 Å². The van der Waals surface area contributed by atoms with Crippen molar-refractivity contribution >= 4 is 11.7 Å². The van der Waals surface area contributed by atoms with Crippen LogP contribution in [0.15, 0.2) is 0 Å². The lowest BCUT2D eigenvalue weighted by Crippen LogP contribution is -2.43. The molecule has 0 bridgehead atoms. The van der Waals surface area contributed by atoms with Gasteiger partial charge in [-0.3, -0.25) is 9.59 Å². The molecular weight excluding hydrogens is 192 g/mol. The van der Waals surface area contributed by atoms with Crippen LogP contribution in [0.2, 0.25) is 0 Å². The highest BCUT2D eigenvalue weighted by atomic mass is 16.2. The molecule has 2 N–H and O–H groups in total. The summed E-state index contributed by atoms with van der Waals surface area (Å²) in [4.78, 5) is 24.0. The van der Waals surface area contributed by atoms with Gasteiger partial charge in [-0.05, 0) is 19.3 Å². The zero-order chi connectivity index (χ0) is 12.0. The average Bonchev–Trinajstić information content (AvgIpc) is 2.11. The Balaban J connectivity index is 4.01. The van der Waals surface area contributed by atoms with Gasteiger partial charge in [0, 0.05) is 20.0 Å². The molecule has 0 aromatic heterocycles. The molecule has 4 heteroatoms. The molecule has 0 aromatic rings. The van der Waals surface area contributed by atoms with Crippen LogP contribution in [0, 0.1) is 5.92 Å². The Bertz CT molecular complexity index is 227. The molecule has 1 unspecified atom stereocenters. The second-order valence-corrected chi connectivity index (χ2v) is 4.45. The van der Waals surface area contributed by atoms with E-state index in [-0.39, 0.29) is 18.1 Å². The fraction of sp³-hybridized carbons (Fsp3) is 0.818. The topological polar surface area (TPSA) is 63.4 Å². The first-order valence-electron chi connectivity index (χ1n) is 5.34. The normalized spacial score (nSPS) is 12.7. The molecule has 15 heavy (non-hydrogen) atoms. The van der Waals surface area contributed by atoms with Crippen molar-refractivity contribution in [2.75, 3.05) is 13.6 Å². The van der Waals surface area contributed by atoms with Crippen LogP contribution in [-0.4, -0.2) is 36.2 Å². The molecule has 0 saturated heterocycles. The molecule has 88 valence electrons. The lowest BCUT2D eigenvalue weighted by molar-refractivity contribution is -0.133. The van der Waals surface area contributed by atoms with Crippen LogP contribution >= 0.6 is 0 Å². The highest BCUT2D eigenvalue weighted by Crippen LogP contribution is 2.03. The van der Waals surface area contributed by atoms with Crippen LogP contribution in [0.3, 0.4) is 0 Å². The summed E-state index contributed by atoms with van der Waals surface area (Å²) in [7, 11) is 1.73. The van der Waals surface area contributed by atoms with Gasteiger partial charge in [0.25, 0.3) is 0 Å². The van der Waals surface area contributed by atoms with E-state index in [1.54, 1.807) is 11.9 Å². The maximum atomic E-state index is 11.6. The Labute approximate surface area is 91.8 Å². The van der Waals surface area contributed by atoms with Gasteiger partial charge in [0.1, 0.15) is 5.78 Å². The maximum absolute atomic E-state index is 11.6. The van der Waals surface area contributed by atoms with E-state index in [9.17, 15) is 9.59 Å². The molecule has 0 aromatic carbocycles. The third-order valence-corrected chi connectivity index (χ3v) is 2.24. The van der Waals surface area contributed by atoms with Gasteiger partial charge in [0.15, 0.2) is 0 Å². The second kappa shape index (κ2) is 6.56. The fourth-order valence-corrected chi connectivity index (χ4v) is 1.24. The number of hydrogen-bond donors (Lipinski definition) is 1. The predicted octanol–water partition coefficient (Wildman–Crippen LogP) is 0.797. The van der Waals surface area contributed by atoms with Gasteiger partial charge in [-0.2, -0.15) is 0 Å². The van der Waals surface area contributed by atoms with E-state index in [0.717, 1.165) is 6.42 Å². The monoisotopic (exact) mass is 214 g/mol. The molecule has 0 radical (unpaired) electrons. The maximum Gasteiger partial charge on any atom is 0.239 e. The van der Waals surface area contributed by atoms with Gasteiger partial charge in [-0.25, -0.2) is 0 Å². The van der Waals surface area contributed by atoms with Crippen molar-refractivity contribution in [3.8, 4) is 0 Å². The highest BCUT2D eigenvalue weighted by Gasteiger charge is 2.19. The zero-order valence-electron chi connectivity index (χ0n) is 10.1. The van der Waals surface area contributed by atoms with Crippen LogP contribution in [0.1, 0.15) is 33.6 Å². The van der Waals surface area contributed by atoms with Crippen molar-refractivity contribution < 1.29 is 9.59 Å². The lowest BCUT2D eigenvalue weighted by Gasteiger charge is -2.21. The number of likely N-dealkylation sites (N-methyl/N-ethyl adjacent to an activating group) is 1.